The second kappa shape index (κ2) is 10.1. The van der Waals surface area contributed by atoms with Gasteiger partial charge in [-0.2, -0.15) is 18.3 Å². The minimum atomic E-state index is -4.49. The summed E-state index contributed by atoms with van der Waals surface area (Å²) >= 11 is 0. The molecule has 3 aromatic carbocycles. The number of amides is 1. The Balaban J connectivity index is 1.69. The largest absolute Gasteiger partial charge is 0.497 e. The topological polar surface area (TPSA) is 65.4 Å². The smallest absolute Gasteiger partial charge is 0.416 e. The third-order valence-corrected chi connectivity index (χ3v) is 5.41. The summed E-state index contributed by atoms with van der Waals surface area (Å²) in [6.45, 7) is -0.140. The lowest BCUT2D eigenvalue weighted by molar-refractivity contribution is -0.137. The van der Waals surface area contributed by atoms with Crippen molar-refractivity contribution < 1.29 is 31.8 Å². The van der Waals surface area contributed by atoms with Crippen molar-refractivity contribution >= 4 is 5.91 Å². The summed E-state index contributed by atoms with van der Waals surface area (Å²) in [5.74, 6) is -0.0249. The SMILES string of the molecule is COc1ccc(-c2cc(C(=O)NCc3cccc(C(F)(F)F)c3)n(-c3ccc(F)cc3)n2)c(OC)c1. The molecular formula is C26H21F4N3O3. The number of hydrogen-bond acceptors (Lipinski definition) is 4. The van der Waals surface area contributed by atoms with Crippen LogP contribution in [0.5, 0.6) is 11.5 Å². The maximum Gasteiger partial charge on any atom is 0.416 e. The average molecular weight is 499 g/mol. The van der Waals surface area contributed by atoms with E-state index in [1.54, 1.807) is 18.2 Å². The second-order valence-corrected chi connectivity index (χ2v) is 7.75. The standard InChI is InChI=1S/C26H21F4N3O3/c1-35-20-10-11-21(24(13-20)36-2)22-14-23(33(32-22)19-8-6-18(27)7-9-19)25(34)31-15-16-4-3-5-17(12-16)26(28,29)30/h3-14H,15H2,1-2H3,(H,31,34). The van der Waals surface area contributed by atoms with Crippen molar-refractivity contribution in [3.8, 4) is 28.4 Å². The van der Waals surface area contributed by atoms with Crippen molar-refractivity contribution in [3.63, 3.8) is 0 Å². The van der Waals surface area contributed by atoms with Crippen molar-refractivity contribution in [2.45, 2.75) is 12.7 Å². The molecule has 0 fully saturated rings. The molecular weight excluding hydrogens is 478 g/mol. The lowest BCUT2D eigenvalue weighted by Crippen LogP contribution is -2.25. The molecule has 6 nitrogen and oxygen atoms in total. The first-order chi connectivity index (χ1) is 17.2. The zero-order valence-corrected chi connectivity index (χ0v) is 19.3. The van der Waals surface area contributed by atoms with Crippen LogP contribution in [0.15, 0.2) is 72.8 Å². The predicted octanol–water partition coefficient (Wildman–Crippen LogP) is 5.64. The Morgan fingerprint density at radius 1 is 0.972 bits per heavy atom. The highest BCUT2D eigenvalue weighted by Crippen LogP contribution is 2.34. The predicted molar refractivity (Wildman–Crippen MR) is 125 cm³/mol. The number of nitrogens with zero attached hydrogens (tertiary/aromatic N) is 2. The summed E-state index contributed by atoms with van der Waals surface area (Å²) < 4.78 is 64.6. The Morgan fingerprint density at radius 2 is 1.72 bits per heavy atom. The van der Waals surface area contributed by atoms with Crippen LogP contribution in [0.25, 0.3) is 16.9 Å². The van der Waals surface area contributed by atoms with E-state index >= 15 is 0 Å². The van der Waals surface area contributed by atoms with Crippen LogP contribution >= 0.6 is 0 Å². The molecule has 1 amide bonds. The molecule has 0 radical (unpaired) electrons. The molecule has 10 heteroatoms. The normalized spacial score (nSPS) is 11.3. The van der Waals surface area contributed by atoms with Crippen molar-refractivity contribution in [2.24, 2.45) is 0 Å². The van der Waals surface area contributed by atoms with Gasteiger partial charge in [-0.3, -0.25) is 4.79 Å². The summed E-state index contributed by atoms with van der Waals surface area (Å²) in [6.07, 6.45) is -4.49. The molecule has 0 spiro atoms. The monoisotopic (exact) mass is 499 g/mol. The van der Waals surface area contributed by atoms with Gasteiger partial charge in [-0.05, 0) is 60.2 Å². The Kier molecular flexibility index (Phi) is 6.96. The van der Waals surface area contributed by atoms with Crippen molar-refractivity contribution in [1.82, 2.24) is 15.1 Å². The first-order valence-electron chi connectivity index (χ1n) is 10.7. The highest BCUT2D eigenvalue weighted by Gasteiger charge is 2.30. The van der Waals surface area contributed by atoms with E-state index in [1.165, 1.54) is 61.4 Å². The number of alkyl halides is 3. The van der Waals surface area contributed by atoms with E-state index < -0.39 is 23.5 Å². The van der Waals surface area contributed by atoms with Crippen LogP contribution in [0.2, 0.25) is 0 Å². The van der Waals surface area contributed by atoms with E-state index in [2.05, 4.69) is 10.4 Å². The quantitative estimate of drug-likeness (QED) is 0.334. The molecule has 1 heterocycles. The fourth-order valence-corrected chi connectivity index (χ4v) is 3.59. The summed E-state index contributed by atoms with van der Waals surface area (Å²) in [4.78, 5) is 13.1. The van der Waals surface area contributed by atoms with Gasteiger partial charge in [0, 0.05) is 18.2 Å². The molecule has 1 N–H and O–H groups in total. The molecule has 4 aromatic rings. The Labute approximate surface area is 204 Å². The molecule has 0 bridgehead atoms. The maximum atomic E-state index is 13.5. The van der Waals surface area contributed by atoms with Crippen molar-refractivity contribution in [1.29, 1.82) is 0 Å². The highest BCUT2D eigenvalue weighted by molar-refractivity contribution is 5.94. The molecule has 1 aromatic heterocycles. The number of aromatic nitrogens is 2. The number of halogens is 4. The van der Waals surface area contributed by atoms with Gasteiger partial charge in [0.2, 0.25) is 0 Å². The molecule has 0 aliphatic carbocycles. The first kappa shape index (κ1) is 24.8. The highest BCUT2D eigenvalue weighted by atomic mass is 19.4. The van der Waals surface area contributed by atoms with Crippen LogP contribution in [0.1, 0.15) is 21.6 Å². The van der Waals surface area contributed by atoms with Crippen LogP contribution < -0.4 is 14.8 Å². The fraction of sp³-hybridized carbons (Fsp3) is 0.154. The molecule has 0 saturated carbocycles. The fourth-order valence-electron chi connectivity index (χ4n) is 3.59. The maximum absolute atomic E-state index is 13.5. The number of ether oxygens (including phenoxy) is 2. The molecule has 0 aliphatic rings. The molecule has 186 valence electrons. The molecule has 0 aliphatic heterocycles. The molecule has 4 rings (SSSR count). The lowest BCUT2D eigenvalue weighted by Gasteiger charge is -2.10. The number of benzene rings is 3. The van der Waals surface area contributed by atoms with E-state index in [4.69, 9.17) is 9.47 Å². The number of nitrogens with one attached hydrogen (secondary N) is 1. The molecule has 36 heavy (non-hydrogen) atoms. The Hall–Kier alpha value is -4.34. The van der Waals surface area contributed by atoms with E-state index in [1.807, 2.05) is 0 Å². The number of carbonyl (C=O) groups excluding carboxylic acids is 1. The zero-order valence-electron chi connectivity index (χ0n) is 19.3. The number of rotatable bonds is 7. The number of methoxy groups -OCH3 is 2. The van der Waals surface area contributed by atoms with Gasteiger partial charge in [-0.15, -0.1) is 0 Å². The van der Waals surface area contributed by atoms with Crippen LogP contribution in [0, 0.1) is 5.82 Å². The average Bonchev–Trinajstić information content (AvgIpc) is 3.32. The number of carbonyl (C=O) groups is 1. The van der Waals surface area contributed by atoms with Gasteiger partial charge >= 0.3 is 6.18 Å². The van der Waals surface area contributed by atoms with Crippen LogP contribution in [0.4, 0.5) is 17.6 Å². The third kappa shape index (κ3) is 5.32. The van der Waals surface area contributed by atoms with Gasteiger partial charge in [-0.25, -0.2) is 9.07 Å². The van der Waals surface area contributed by atoms with E-state index in [9.17, 15) is 22.4 Å². The van der Waals surface area contributed by atoms with Crippen LogP contribution in [0.3, 0.4) is 0 Å². The minimum absolute atomic E-state index is 0.0986. The molecule has 0 saturated heterocycles. The summed E-state index contributed by atoms with van der Waals surface area (Å²) in [6, 6.07) is 16.7. The Morgan fingerprint density at radius 3 is 2.39 bits per heavy atom. The number of hydrogen-bond donors (Lipinski definition) is 1. The van der Waals surface area contributed by atoms with Gasteiger partial charge in [0.05, 0.1) is 31.2 Å². The second-order valence-electron chi connectivity index (χ2n) is 7.75. The van der Waals surface area contributed by atoms with Crippen LogP contribution in [-0.2, 0) is 12.7 Å². The summed E-state index contributed by atoms with van der Waals surface area (Å²) in [5, 5.41) is 7.17. The minimum Gasteiger partial charge on any atom is -0.497 e. The van der Waals surface area contributed by atoms with Gasteiger partial charge in [0.25, 0.3) is 5.91 Å². The van der Waals surface area contributed by atoms with Gasteiger partial charge in [0.15, 0.2) is 0 Å². The van der Waals surface area contributed by atoms with Crippen molar-refractivity contribution in [2.75, 3.05) is 14.2 Å². The summed E-state index contributed by atoms with van der Waals surface area (Å²) in [7, 11) is 3.00. The first-order valence-corrected chi connectivity index (χ1v) is 10.7. The van der Waals surface area contributed by atoms with Crippen LogP contribution in [-0.4, -0.2) is 29.9 Å². The lowest BCUT2D eigenvalue weighted by atomic mass is 10.1. The summed E-state index contributed by atoms with van der Waals surface area (Å²) in [5.41, 5.74) is 0.956. The molecule has 0 unspecified atom stereocenters. The van der Waals surface area contributed by atoms with E-state index in [0.29, 0.717) is 28.4 Å². The Bertz CT molecular complexity index is 1380. The zero-order chi connectivity index (χ0) is 25.9. The third-order valence-electron chi connectivity index (χ3n) is 5.41. The molecule has 0 atom stereocenters. The van der Waals surface area contributed by atoms with Gasteiger partial charge < -0.3 is 14.8 Å². The van der Waals surface area contributed by atoms with Gasteiger partial charge in [0.1, 0.15) is 23.0 Å². The van der Waals surface area contributed by atoms with Gasteiger partial charge in [-0.1, -0.05) is 12.1 Å². The van der Waals surface area contributed by atoms with E-state index in [-0.39, 0.29) is 17.8 Å². The van der Waals surface area contributed by atoms with Crippen molar-refractivity contribution in [3.05, 3.63) is 95.4 Å². The van der Waals surface area contributed by atoms with E-state index in [0.717, 1.165) is 12.1 Å².